The highest BCUT2D eigenvalue weighted by Gasteiger charge is 2.27. The average molecular weight is 184 g/mol. The predicted molar refractivity (Wildman–Crippen MR) is 45.3 cm³/mol. The van der Waals surface area contributed by atoms with Gasteiger partial charge in [-0.25, -0.2) is 4.79 Å². The number of hydrogen-bond donors (Lipinski definition) is 2. The van der Waals surface area contributed by atoms with E-state index in [0.717, 1.165) is 17.0 Å². The minimum Gasteiger partial charge on any atom is -0.476 e. The summed E-state index contributed by atoms with van der Waals surface area (Å²) < 4.78 is 0. The Hall–Kier alpha value is -0.970. The Morgan fingerprint density at radius 2 is 2.58 bits per heavy atom. The van der Waals surface area contributed by atoms with Crippen LogP contribution in [0, 0.1) is 0 Å². The molecule has 1 aromatic rings. The molecule has 0 amide bonds. The van der Waals surface area contributed by atoms with Crippen LogP contribution in [-0.2, 0) is 5.75 Å². The third-order valence-electron chi connectivity index (χ3n) is 1.99. The third-order valence-corrected chi connectivity index (χ3v) is 3.18. The van der Waals surface area contributed by atoms with Gasteiger partial charge in [0.2, 0.25) is 0 Å². The van der Waals surface area contributed by atoms with Crippen LogP contribution in [0.15, 0.2) is 0 Å². The fraction of sp³-hybridized carbons (Fsp3) is 0.429. The third kappa shape index (κ3) is 0.929. The van der Waals surface area contributed by atoms with Gasteiger partial charge < -0.3 is 5.11 Å². The van der Waals surface area contributed by atoms with Crippen molar-refractivity contribution in [2.75, 3.05) is 0 Å². The number of hydrogen-bond acceptors (Lipinski definition) is 3. The number of aromatic amines is 1. The summed E-state index contributed by atoms with van der Waals surface area (Å²) in [5.74, 6) is -0.184. The molecule has 64 valence electrons. The topological polar surface area (TPSA) is 66.0 Å². The maximum absolute atomic E-state index is 10.6. The first-order chi connectivity index (χ1) is 5.70. The molecule has 0 fully saturated rings. The van der Waals surface area contributed by atoms with E-state index in [4.69, 9.17) is 5.11 Å². The lowest BCUT2D eigenvalue weighted by atomic mass is 10.2. The highest BCUT2D eigenvalue weighted by Crippen LogP contribution is 2.40. The van der Waals surface area contributed by atoms with E-state index in [9.17, 15) is 4.79 Å². The molecule has 12 heavy (non-hydrogen) atoms. The summed E-state index contributed by atoms with van der Waals surface area (Å²) in [5.41, 5.74) is 2.01. The molecule has 1 aromatic heterocycles. The summed E-state index contributed by atoms with van der Waals surface area (Å²) in [6.07, 6.45) is 0. The van der Waals surface area contributed by atoms with Gasteiger partial charge in [-0.05, 0) is 6.92 Å². The van der Waals surface area contributed by atoms with Crippen LogP contribution in [0.3, 0.4) is 0 Å². The fourth-order valence-electron chi connectivity index (χ4n) is 1.33. The van der Waals surface area contributed by atoms with Crippen molar-refractivity contribution in [1.29, 1.82) is 0 Å². The second kappa shape index (κ2) is 2.52. The maximum Gasteiger partial charge on any atom is 0.356 e. The number of carbonyl (C=O) groups is 1. The standard InChI is InChI=1S/C7H8N2O2S/c1-3-5-4(2-12-3)6(7(10)11)9-8-5/h3H,2H2,1H3,(H,8,9)(H,10,11). The SMILES string of the molecule is CC1SCc2c(C(=O)O)n[nH]c21. The van der Waals surface area contributed by atoms with Crippen molar-refractivity contribution in [2.45, 2.75) is 17.9 Å². The number of aromatic carboxylic acids is 1. The second-order valence-corrected chi connectivity index (χ2v) is 4.05. The van der Waals surface area contributed by atoms with Crippen LogP contribution in [0.2, 0.25) is 0 Å². The zero-order valence-electron chi connectivity index (χ0n) is 6.50. The molecule has 0 spiro atoms. The van der Waals surface area contributed by atoms with Crippen LogP contribution in [-0.4, -0.2) is 21.3 Å². The van der Waals surface area contributed by atoms with Crippen LogP contribution >= 0.6 is 11.8 Å². The number of nitrogens with zero attached hydrogens (tertiary/aromatic N) is 1. The molecule has 0 saturated heterocycles. The Kier molecular flexibility index (Phi) is 1.61. The Bertz CT molecular complexity index is 334. The number of aromatic nitrogens is 2. The van der Waals surface area contributed by atoms with Crippen LogP contribution in [0.1, 0.15) is 33.9 Å². The van der Waals surface area contributed by atoms with Gasteiger partial charge in [0.1, 0.15) is 0 Å². The van der Waals surface area contributed by atoms with Gasteiger partial charge in [0, 0.05) is 16.6 Å². The summed E-state index contributed by atoms with van der Waals surface area (Å²) in [6.45, 7) is 2.04. The molecule has 2 rings (SSSR count). The zero-order valence-corrected chi connectivity index (χ0v) is 7.31. The summed E-state index contributed by atoms with van der Waals surface area (Å²) >= 11 is 1.73. The smallest absolute Gasteiger partial charge is 0.356 e. The molecular formula is C7H8N2O2S. The van der Waals surface area contributed by atoms with Gasteiger partial charge in [-0.15, -0.1) is 11.8 Å². The first-order valence-corrected chi connectivity index (χ1v) is 4.67. The average Bonchev–Trinajstić information content (AvgIpc) is 2.53. The molecule has 0 aromatic carbocycles. The van der Waals surface area contributed by atoms with Gasteiger partial charge in [-0.2, -0.15) is 5.10 Å². The molecule has 2 heterocycles. The Morgan fingerprint density at radius 1 is 1.83 bits per heavy atom. The minimum atomic E-state index is -0.942. The Labute approximate surface area is 73.4 Å². The van der Waals surface area contributed by atoms with E-state index in [1.54, 1.807) is 11.8 Å². The molecule has 0 radical (unpaired) electrons. The van der Waals surface area contributed by atoms with Crippen molar-refractivity contribution in [1.82, 2.24) is 10.2 Å². The number of H-pyrrole nitrogens is 1. The zero-order chi connectivity index (χ0) is 8.72. The molecule has 1 atom stereocenters. The first kappa shape index (κ1) is 7.67. The lowest BCUT2D eigenvalue weighted by Gasteiger charge is -1.95. The van der Waals surface area contributed by atoms with E-state index < -0.39 is 5.97 Å². The number of nitrogens with one attached hydrogen (secondary N) is 1. The molecule has 0 bridgehead atoms. The summed E-state index contributed by atoms with van der Waals surface area (Å²) in [7, 11) is 0. The van der Waals surface area contributed by atoms with Gasteiger partial charge in [-0.1, -0.05) is 0 Å². The van der Waals surface area contributed by atoms with E-state index in [2.05, 4.69) is 10.2 Å². The molecular weight excluding hydrogens is 176 g/mol. The molecule has 0 saturated carbocycles. The molecule has 2 N–H and O–H groups in total. The second-order valence-electron chi connectivity index (χ2n) is 2.72. The number of rotatable bonds is 1. The predicted octanol–water partition coefficient (Wildman–Crippen LogP) is 1.42. The van der Waals surface area contributed by atoms with Crippen LogP contribution in [0.5, 0.6) is 0 Å². The van der Waals surface area contributed by atoms with Crippen molar-refractivity contribution in [3.05, 3.63) is 17.0 Å². The first-order valence-electron chi connectivity index (χ1n) is 3.62. The molecule has 1 aliphatic rings. The van der Waals surface area contributed by atoms with Gasteiger partial charge >= 0.3 is 5.97 Å². The summed E-state index contributed by atoms with van der Waals surface area (Å²) in [6, 6.07) is 0. The summed E-state index contributed by atoms with van der Waals surface area (Å²) in [4.78, 5) is 10.6. The largest absolute Gasteiger partial charge is 0.476 e. The monoisotopic (exact) mass is 184 g/mol. The van der Waals surface area contributed by atoms with Gasteiger partial charge in [0.15, 0.2) is 5.69 Å². The van der Waals surface area contributed by atoms with Crippen LogP contribution in [0.4, 0.5) is 0 Å². The number of carboxylic acids is 1. The van der Waals surface area contributed by atoms with Crippen molar-refractivity contribution in [2.24, 2.45) is 0 Å². The number of thioether (sulfide) groups is 1. The van der Waals surface area contributed by atoms with Crippen molar-refractivity contribution in [3.8, 4) is 0 Å². The summed E-state index contributed by atoms with van der Waals surface area (Å²) in [5, 5.41) is 15.6. The van der Waals surface area contributed by atoms with E-state index in [1.165, 1.54) is 0 Å². The fourth-order valence-corrected chi connectivity index (χ4v) is 2.40. The number of carboxylic acid groups (broad SMARTS) is 1. The Morgan fingerprint density at radius 3 is 3.25 bits per heavy atom. The molecule has 5 heteroatoms. The van der Waals surface area contributed by atoms with Gasteiger partial charge in [0.05, 0.1) is 5.69 Å². The molecule has 1 aliphatic heterocycles. The maximum atomic E-state index is 10.6. The quantitative estimate of drug-likeness (QED) is 0.692. The lowest BCUT2D eigenvalue weighted by Crippen LogP contribution is -1.99. The van der Waals surface area contributed by atoms with Crippen molar-refractivity contribution in [3.63, 3.8) is 0 Å². The van der Waals surface area contributed by atoms with Crippen molar-refractivity contribution >= 4 is 17.7 Å². The highest BCUT2D eigenvalue weighted by molar-refractivity contribution is 7.99. The van der Waals surface area contributed by atoms with Crippen LogP contribution < -0.4 is 0 Å². The van der Waals surface area contributed by atoms with Crippen LogP contribution in [0.25, 0.3) is 0 Å². The molecule has 0 aliphatic carbocycles. The highest BCUT2D eigenvalue weighted by atomic mass is 32.2. The lowest BCUT2D eigenvalue weighted by molar-refractivity contribution is 0.0689. The van der Waals surface area contributed by atoms with E-state index in [0.29, 0.717) is 5.25 Å². The van der Waals surface area contributed by atoms with Gasteiger partial charge in [0.25, 0.3) is 0 Å². The van der Waals surface area contributed by atoms with E-state index in [-0.39, 0.29) is 5.69 Å². The van der Waals surface area contributed by atoms with E-state index in [1.807, 2.05) is 6.92 Å². The number of fused-ring (bicyclic) bond motifs is 1. The van der Waals surface area contributed by atoms with E-state index >= 15 is 0 Å². The van der Waals surface area contributed by atoms with Crippen molar-refractivity contribution < 1.29 is 9.90 Å². The normalized spacial score (nSPS) is 20.9. The minimum absolute atomic E-state index is 0.182. The van der Waals surface area contributed by atoms with Gasteiger partial charge in [-0.3, -0.25) is 5.10 Å². The Balaban J connectivity index is 2.49. The molecule has 1 unspecified atom stereocenters. The molecule has 4 nitrogen and oxygen atoms in total.